The van der Waals surface area contributed by atoms with Gasteiger partial charge < -0.3 is 10.4 Å². The van der Waals surface area contributed by atoms with Crippen LogP contribution in [0, 0.1) is 16.5 Å². The minimum absolute atomic E-state index is 0.0124. The summed E-state index contributed by atoms with van der Waals surface area (Å²) in [6, 6.07) is 11.8. The molecule has 1 atom stereocenters. The van der Waals surface area contributed by atoms with Gasteiger partial charge in [-0.25, -0.2) is 8.78 Å². The van der Waals surface area contributed by atoms with Gasteiger partial charge in [-0.05, 0) is 72.8 Å². The highest BCUT2D eigenvalue weighted by Gasteiger charge is 2.37. The fourth-order valence-electron chi connectivity index (χ4n) is 4.56. The van der Waals surface area contributed by atoms with Crippen LogP contribution in [0.25, 0.3) is 0 Å². The molecule has 0 amide bonds. The summed E-state index contributed by atoms with van der Waals surface area (Å²) >= 11 is 0. The van der Waals surface area contributed by atoms with Crippen molar-refractivity contribution in [3.8, 4) is 0 Å². The number of aliphatic hydroxyl groups is 1. The summed E-state index contributed by atoms with van der Waals surface area (Å²) in [5.74, 6) is -1.21. The Morgan fingerprint density at radius 2 is 1.78 bits per heavy atom. The van der Waals surface area contributed by atoms with E-state index in [0.717, 1.165) is 24.5 Å². The second-order valence-electron chi connectivity index (χ2n) is 10.1. The summed E-state index contributed by atoms with van der Waals surface area (Å²) in [6.45, 7) is 6.89. The van der Waals surface area contributed by atoms with Gasteiger partial charge in [0.15, 0.2) is 0 Å². The minimum atomic E-state index is -0.661. The summed E-state index contributed by atoms with van der Waals surface area (Å²) < 4.78 is 26.8. The smallest absolute Gasteiger partial charge is 0.126 e. The number of nitrogens with zero attached hydrogens (tertiary/aromatic N) is 1. The molecular weight excluding hydrogens is 410 g/mol. The van der Waals surface area contributed by atoms with Gasteiger partial charge in [0.25, 0.3) is 0 Å². The van der Waals surface area contributed by atoms with Crippen LogP contribution in [0.3, 0.4) is 0 Å². The lowest BCUT2D eigenvalue weighted by molar-refractivity contribution is 0.129. The summed E-state index contributed by atoms with van der Waals surface area (Å²) in [7, 11) is 0. The van der Waals surface area contributed by atoms with Crippen molar-refractivity contribution in [3.63, 3.8) is 0 Å². The molecule has 1 saturated carbocycles. The first kappa shape index (κ1) is 24.5. The highest BCUT2D eigenvalue weighted by atomic mass is 19.1. The lowest BCUT2D eigenvalue weighted by atomic mass is 9.73. The topological polar surface area (TPSA) is 61.7 Å². The molecule has 1 fully saturated rings. The Bertz CT molecular complexity index is 898. The third-order valence-electron chi connectivity index (χ3n) is 6.60. The Balaban J connectivity index is 1.71. The molecule has 0 aliphatic heterocycles. The van der Waals surface area contributed by atoms with Crippen molar-refractivity contribution < 1.29 is 13.9 Å². The van der Waals surface area contributed by atoms with E-state index in [2.05, 4.69) is 55.5 Å². The number of aryl methyl sites for hydroxylation is 1. The quantitative estimate of drug-likeness (QED) is 0.510. The third-order valence-corrected chi connectivity index (χ3v) is 6.60. The van der Waals surface area contributed by atoms with Gasteiger partial charge in [0.2, 0.25) is 0 Å². The molecule has 4 nitrogen and oxygen atoms in total. The normalized spacial score (nSPS) is 22.5. The van der Waals surface area contributed by atoms with E-state index < -0.39 is 17.7 Å². The van der Waals surface area contributed by atoms with Crippen LogP contribution < -0.4 is 5.32 Å². The van der Waals surface area contributed by atoms with E-state index in [0.29, 0.717) is 37.8 Å². The zero-order chi connectivity index (χ0) is 23.4. The molecule has 32 heavy (non-hydrogen) atoms. The molecule has 3 rings (SSSR count). The average molecular weight is 445 g/mol. The highest BCUT2D eigenvalue weighted by Crippen LogP contribution is 2.39. The van der Waals surface area contributed by atoms with E-state index in [9.17, 15) is 18.8 Å². The number of nitroso groups, excluding NO2 is 1. The van der Waals surface area contributed by atoms with Crippen molar-refractivity contribution in [1.29, 1.82) is 0 Å². The van der Waals surface area contributed by atoms with Crippen molar-refractivity contribution in [2.24, 2.45) is 5.18 Å². The second kappa shape index (κ2) is 10.2. The predicted molar refractivity (Wildman–Crippen MR) is 124 cm³/mol. The molecular formula is C26H34F2N2O2. The number of aliphatic hydroxyl groups excluding tert-OH is 1. The second-order valence-corrected chi connectivity index (χ2v) is 10.1. The van der Waals surface area contributed by atoms with E-state index in [-0.39, 0.29) is 17.0 Å². The number of benzene rings is 2. The van der Waals surface area contributed by atoms with Gasteiger partial charge in [-0.3, -0.25) is 0 Å². The van der Waals surface area contributed by atoms with E-state index in [1.807, 2.05) is 0 Å². The molecule has 1 aliphatic carbocycles. The van der Waals surface area contributed by atoms with Gasteiger partial charge in [0.05, 0.1) is 12.1 Å². The van der Waals surface area contributed by atoms with Crippen molar-refractivity contribution >= 4 is 0 Å². The number of rotatable bonds is 8. The van der Waals surface area contributed by atoms with Gasteiger partial charge in [-0.2, -0.15) is 4.91 Å². The molecule has 0 saturated heterocycles. The Kier molecular flexibility index (Phi) is 7.78. The molecule has 0 heterocycles. The van der Waals surface area contributed by atoms with Crippen molar-refractivity contribution in [1.82, 2.24) is 5.32 Å². The van der Waals surface area contributed by atoms with Crippen LogP contribution in [0.1, 0.15) is 69.6 Å². The highest BCUT2D eigenvalue weighted by molar-refractivity contribution is 5.34. The van der Waals surface area contributed by atoms with Gasteiger partial charge in [-0.1, -0.05) is 50.2 Å². The maximum Gasteiger partial charge on any atom is 0.126 e. The van der Waals surface area contributed by atoms with Crippen LogP contribution in [0.4, 0.5) is 8.78 Å². The van der Waals surface area contributed by atoms with Gasteiger partial charge in [0.1, 0.15) is 11.6 Å². The number of nitrogens with one attached hydrogen (secondary N) is 1. The molecule has 2 aromatic rings. The van der Waals surface area contributed by atoms with E-state index in [1.165, 1.54) is 17.7 Å². The fraction of sp³-hybridized carbons (Fsp3) is 0.538. The van der Waals surface area contributed by atoms with Gasteiger partial charge >= 0.3 is 0 Å². The molecule has 0 bridgehead atoms. The fourth-order valence-corrected chi connectivity index (χ4v) is 4.56. The standard InChI is InChI=1S/C26H34F2N2O2/c1-25(2,3)19-5-4-6-20(15-19)26(11-9-23(30-32)10-12-26)29-17-24(31)8-7-18-13-21(27)16-22(28)14-18/h4-6,13-16,23-24,29,31H,7-12,17H2,1-3H3. The molecule has 2 N–H and O–H groups in total. The monoisotopic (exact) mass is 444 g/mol. The predicted octanol–water partition coefficient (Wildman–Crippen LogP) is 5.75. The van der Waals surface area contributed by atoms with Crippen LogP contribution in [0.5, 0.6) is 0 Å². The van der Waals surface area contributed by atoms with E-state index in [4.69, 9.17) is 0 Å². The summed E-state index contributed by atoms with van der Waals surface area (Å²) in [5.41, 5.74) is 2.60. The van der Waals surface area contributed by atoms with Crippen LogP contribution in [-0.4, -0.2) is 23.8 Å². The molecule has 1 unspecified atom stereocenters. The van der Waals surface area contributed by atoms with Crippen molar-refractivity contribution in [3.05, 3.63) is 75.7 Å². The Morgan fingerprint density at radius 3 is 2.38 bits per heavy atom. The van der Waals surface area contributed by atoms with Crippen LogP contribution in [0.15, 0.2) is 47.6 Å². The maximum atomic E-state index is 13.4. The number of hydrogen-bond acceptors (Lipinski definition) is 4. The Labute approximate surface area is 189 Å². The zero-order valence-electron chi connectivity index (χ0n) is 19.2. The SMILES string of the molecule is CC(C)(C)c1cccc(C2(NCC(O)CCc3cc(F)cc(F)c3)CCC(N=O)CC2)c1. The molecule has 6 heteroatoms. The maximum absolute atomic E-state index is 13.4. The molecule has 1 aliphatic rings. The van der Waals surface area contributed by atoms with Crippen molar-refractivity contribution in [2.45, 2.75) is 82.4 Å². The van der Waals surface area contributed by atoms with Crippen LogP contribution in [0.2, 0.25) is 0 Å². The molecule has 0 radical (unpaired) electrons. The molecule has 2 aromatic carbocycles. The third kappa shape index (κ3) is 6.20. The molecule has 174 valence electrons. The summed E-state index contributed by atoms with van der Waals surface area (Å²) in [6.07, 6.45) is 3.06. The number of halogens is 2. The van der Waals surface area contributed by atoms with Crippen LogP contribution in [-0.2, 0) is 17.4 Å². The minimum Gasteiger partial charge on any atom is -0.392 e. The largest absolute Gasteiger partial charge is 0.392 e. The van der Waals surface area contributed by atoms with Gasteiger partial charge in [-0.15, -0.1) is 0 Å². The lowest BCUT2D eigenvalue weighted by Gasteiger charge is -2.41. The number of hydrogen-bond donors (Lipinski definition) is 2. The summed E-state index contributed by atoms with van der Waals surface area (Å²) in [5, 5.41) is 17.4. The van der Waals surface area contributed by atoms with E-state index in [1.54, 1.807) is 0 Å². The molecule has 0 aromatic heterocycles. The van der Waals surface area contributed by atoms with Crippen molar-refractivity contribution in [2.75, 3.05) is 6.54 Å². The first-order chi connectivity index (χ1) is 15.1. The Hall–Kier alpha value is -2.18. The summed E-state index contributed by atoms with van der Waals surface area (Å²) in [4.78, 5) is 11.1. The first-order valence-corrected chi connectivity index (χ1v) is 11.4. The zero-order valence-corrected chi connectivity index (χ0v) is 19.2. The van der Waals surface area contributed by atoms with E-state index >= 15 is 0 Å². The molecule has 0 spiro atoms. The Morgan fingerprint density at radius 1 is 1.12 bits per heavy atom. The lowest BCUT2D eigenvalue weighted by Crippen LogP contribution is -2.48. The average Bonchev–Trinajstić information content (AvgIpc) is 2.75. The van der Waals surface area contributed by atoms with Gasteiger partial charge in [0, 0.05) is 18.2 Å². The van der Waals surface area contributed by atoms with Crippen LogP contribution >= 0.6 is 0 Å². The first-order valence-electron chi connectivity index (χ1n) is 11.4.